The topological polar surface area (TPSA) is 41.1 Å². The van der Waals surface area contributed by atoms with Crippen LogP contribution in [0, 0.1) is 6.92 Å². The van der Waals surface area contributed by atoms with E-state index < -0.39 is 0 Å². The van der Waals surface area contributed by atoms with Gasteiger partial charge in [-0.1, -0.05) is 11.6 Å². The largest absolute Gasteiger partial charge is 0.356 e. The van der Waals surface area contributed by atoms with Gasteiger partial charge in [-0.3, -0.25) is 0 Å². The minimum absolute atomic E-state index is 0.730. The first-order valence-electron chi connectivity index (χ1n) is 7.34. The highest BCUT2D eigenvalue weighted by molar-refractivity contribution is 6.30. The lowest BCUT2D eigenvalue weighted by Crippen LogP contribution is -2.30. The van der Waals surface area contributed by atoms with E-state index in [9.17, 15) is 0 Å². The second kappa shape index (κ2) is 6.31. The van der Waals surface area contributed by atoms with Crippen LogP contribution in [0.2, 0.25) is 5.02 Å². The van der Waals surface area contributed by atoms with Gasteiger partial charge in [-0.2, -0.15) is 0 Å². The van der Waals surface area contributed by atoms with Crippen molar-refractivity contribution in [2.75, 3.05) is 23.3 Å². The molecule has 0 amide bonds. The second-order valence-corrected chi connectivity index (χ2v) is 5.77. The smallest absolute Gasteiger partial charge is 0.136 e. The van der Waals surface area contributed by atoms with E-state index in [1.54, 1.807) is 0 Å². The minimum Gasteiger partial charge on any atom is -0.356 e. The number of nitrogens with one attached hydrogen (secondary N) is 1. The van der Waals surface area contributed by atoms with Gasteiger partial charge >= 0.3 is 0 Å². The normalized spacial score (nSPS) is 15.0. The first-order chi connectivity index (χ1) is 10.2. The predicted octanol–water partition coefficient (Wildman–Crippen LogP) is 4.17. The lowest BCUT2D eigenvalue weighted by atomic mass is 10.1. The van der Waals surface area contributed by atoms with Crippen molar-refractivity contribution in [3.8, 4) is 0 Å². The second-order valence-electron chi connectivity index (χ2n) is 5.34. The zero-order valence-corrected chi connectivity index (χ0v) is 12.9. The summed E-state index contributed by atoms with van der Waals surface area (Å²) in [4.78, 5) is 11.4. The van der Waals surface area contributed by atoms with Crippen LogP contribution in [0.3, 0.4) is 0 Å². The van der Waals surface area contributed by atoms with E-state index in [0.29, 0.717) is 0 Å². The van der Waals surface area contributed by atoms with Gasteiger partial charge in [0.05, 0.1) is 0 Å². The average Bonchev–Trinajstić information content (AvgIpc) is 2.50. The standard InChI is InChI=1S/C16H19ClN4/c1-12-18-15(20-14-7-5-13(17)6-8-14)11-16(19-12)21-9-3-2-4-10-21/h5-8,11H,2-4,9-10H2,1H3,(H,18,19,20). The molecule has 2 heterocycles. The van der Waals surface area contributed by atoms with E-state index in [4.69, 9.17) is 11.6 Å². The summed E-state index contributed by atoms with van der Waals surface area (Å²) in [5, 5.41) is 4.05. The monoisotopic (exact) mass is 302 g/mol. The number of halogens is 1. The van der Waals surface area contributed by atoms with Crippen LogP contribution in [-0.4, -0.2) is 23.1 Å². The molecular weight excluding hydrogens is 284 g/mol. The van der Waals surface area contributed by atoms with Gasteiger partial charge in [0.2, 0.25) is 0 Å². The number of rotatable bonds is 3. The third kappa shape index (κ3) is 3.64. The van der Waals surface area contributed by atoms with E-state index in [1.807, 2.05) is 37.3 Å². The van der Waals surface area contributed by atoms with Gasteiger partial charge < -0.3 is 10.2 Å². The molecule has 21 heavy (non-hydrogen) atoms. The van der Waals surface area contributed by atoms with E-state index in [0.717, 1.165) is 41.3 Å². The summed E-state index contributed by atoms with van der Waals surface area (Å²) < 4.78 is 0. The van der Waals surface area contributed by atoms with Crippen molar-refractivity contribution in [2.45, 2.75) is 26.2 Å². The molecule has 0 unspecified atom stereocenters. The fraction of sp³-hybridized carbons (Fsp3) is 0.375. The molecular formula is C16H19ClN4. The fourth-order valence-corrected chi connectivity index (χ4v) is 2.71. The molecule has 0 atom stereocenters. The number of anilines is 3. The molecule has 4 nitrogen and oxygen atoms in total. The van der Waals surface area contributed by atoms with Crippen LogP contribution >= 0.6 is 11.6 Å². The molecule has 110 valence electrons. The van der Waals surface area contributed by atoms with Crippen LogP contribution in [0.4, 0.5) is 17.3 Å². The molecule has 0 bridgehead atoms. The lowest BCUT2D eigenvalue weighted by molar-refractivity contribution is 0.572. The molecule has 1 fully saturated rings. The summed E-state index contributed by atoms with van der Waals surface area (Å²) in [5.41, 5.74) is 0.974. The molecule has 1 aromatic carbocycles. The van der Waals surface area contributed by atoms with Crippen molar-refractivity contribution in [2.24, 2.45) is 0 Å². The highest BCUT2D eigenvalue weighted by Gasteiger charge is 2.13. The predicted molar refractivity (Wildman–Crippen MR) is 87.6 cm³/mol. The van der Waals surface area contributed by atoms with Gasteiger partial charge in [-0.25, -0.2) is 9.97 Å². The summed E-state index contributed by atoms with van der Waals surface area (Å²) in [5.74, 6) is 2.62. The number of aromatic nitrogens is 2. The van der Waals surface area contributed by atoms with E-state index >= 15 is 0 Å². The molecule has 3 rings (SSSR count). The number of piperidine rings is 1. The zero-order valence-electron chi connectivity index (χ0n) is 12.1. The Bertz CT molecular complexity index is 606. The maximum absolute atomic E-state index is 5.91. The summed E-state index contributed by atoms with van der Waals surface area (Å²) >= 11 is 5.91. The molecule has 1 aromatic heterocycles. The maximum atomic E-state index is 5.91. The van der Waals surface area contributed by atoms with Gasteiger partial charge in [0.1, 0.15) is 17.5 Å². The average molecular weight is 303 g/mol. The molecule has 1 aliphatic heterocycles. The number of hydrogen-bond donors (Lipinski definition) is 1. The third-order valence-electron chi connectivity index (χ3n) is 3.62. The van der Waals surface area contributed by atoms with Crippen LogP contribution in [0.1, 0.15) is 25.1 Å². The number of benzene rings is 1. The number of nitrogens with zero attached hydrogens (tertiary/aromatic N) is 3. The van der Waals surface area contributed by atoms with Crippen LogP contribution < -0.4 is 10.2 Å². The SMILES string of the molecule is Cc1nc(Nc2ccc(Cl)cc2)cc(N2CCCCC2)n1. The Labute approximate surface area is 130 Å². The molecule has 0 radical (unpaired) electrons. The van der Waals surface area contributed by atoms with Crippen molar-refractivity contribution in [3.63, 3.8) is 0 Å². The summed E-state index contributed by atoms with van der Waals surface area (Å²) in [6.07, 6.45) is 3.79. The Morgan fingerprint density at radius 2 is 1.76 bits per heavy atom. The highest BCUT2D eigenvalue weighted by atomic mass is 35.5. The van der Waals surface area contributed by atoms with Crippen molar-refractivity contribution in [1.29, 1.82) is 0 Å². The Balaban J connectivity index is 1.81. The Kier molecular flexibility index (Phi) is 4.25. The number of aryl methyl sites for hydroxylation is 1. The molecule has 0 spiro atoms. The lowest BCUT2D eigenvalue weighted by Gasteiger charge is -2.28. The Hall–Kier alpha value is -1.81. The van der Waals surface area contributed by atoms with Gasteiger partial charge in [0.25, 0.3) is 0 Å². The van der Waals surface area contributed by atoms with E-state index in [1.165, 1.54) is 19.3 Å². The molecule has 0 aliphatic carbocycles. The van der Waals surface area contributed by atoms with E-state index in [-0.39, 0.29) is 0 Å². The van der Waals surface area contributed by atoms with Crippen molar-refractivity contribution >= 4 is 28.9 Å². The van der Waals surface area contributed by atoms with Crippen LogP contribution in [0.15, 0.2) is 30.3 Å². The maximum Gasteiger partial charge on any atom is 0.136 e. The van der Waals surface area contributed by atoms with Gasteiger partial charge in [-0.05, 0) is 50.5 Å². The number of hydrogen-bond acceptors (Lipinski definition) is 4. The van der Waals surface area contributed by atoms with E-state index in [2.05, 4.69) is 20.2 Å². The fourth-order valence-electron chi connectivity index (χ4n) is 2.58. The van der Waals surface area contributed by atoms with Gasteiger partial charge in [0, 0.05) is 29.9 Å². The summed E-state index contributed by atoms with van der Waals surface area (Å²) in [6.45, 7) is 4.09. The molecule has 5 heteroatoms. The van der Waals surface area contributed by atoms with Crippen molar-refractivity contribution in [1.82, 2.24) is 9.97 Å². The Morgan fingerprint density at radius 3 is 2.48 bits per heavy atom. The Morgan fingerprint density at radius 1 is 1.05 bits per heavy atom. The quantitative estimate of drug-likeness (QED) is 0.924. The highest BCUT2D eigenvalue weighted by Crippen LogP contribution is 2.23. The summed E-state index contributed by atoms with van der Waals surface area (Å²) in [7, 11) is 0. The molecule has 0 saturated carbocycles. The molecule has 1 N–H and O–H groups in total. The first kappa shape index (κ1) is 14.1. The van der Waals surface area contributed by atoms with Crippen LogP contribution in [0.25, 0.3) is 0 Å². The molecule has 2 aromatic rings. The molecule has 1 saturated heterocycles. The van der Waals surface area contributed by atoms with Crippen LogP contribution in [-0.2, 0) is 0 Å². The summed E-state index contributed by atoms with van der Waals surface area (Å²) in [6, 6.07) is 9.64. The van der Waals surface area contributed by atoms with Crippen molar-refractivity contribution < 1.29 is 0 Å². The van der Waals surface area contributed by atoms with Gasteiger partial charge in [-0.15, -0.1) is 0 Å². The third-order valence-corrected chi connectivity index (χ3v) is 3.87. The minimum atomic E-state index is 0.730. The van der Waals surface area contributed by atoms with Gasteiger partial charge in [0.15, 0.2) is 0 Å². The molecule has 1 aliphatic rings. The van der Waals surface area contributed by atoms with Crippen molar-refractivity contribution in [3.05, 3.63) is 41.2 Å². The first-order valence-corrected chi connectivity index (χ1v) is 7.72. The zero-order chi connectivity index (χ0) is 14.7. The van der Waals surface area contributed by atoms with Crippen LogP contribution in [0.5, 0.6) is 0 Å².